The first-order chi connectivity index (χ1) is 8.96. The number of piperidine rings is 1. The number of sulfonamides is 1. The van der Waals surface area contributed by atoms with Gasteiger partial charge in [0.2, 0.25) is 5.03 Å². The third-order valence-corrected chi connectivity index (χ3v) is 5.96. The lowest BCUT2D eigenvalue weighted by atomic mass is 10.0. The molecule has 19 heavy (non-hydrogen) atoms. The van der Waals surface area contributed by atoms with Crippen molar-refractivity contribution < 1.29 is 13.2 Å². The average Bonchev–Trinajstić information content (AvgIpc) is 2.70. The number of halogens is 1. The van der Waals surface area contributed by atoms with Crippen LogP contribution in [0.2, 0.25) is 0 Å². The van der Waals surface area contributed by atoms with Gasteiger partial charge in [-0.25, -0.2) is 13.1 Å². The minimum absolute atomic E-state index is 0.102. The maximum absolute atomic E-state index is 12.6. The lowest BCUT2D eigenvalue weighted by Crippen LogP contribution is -2.41. The SMILES string of the molecule is COCC1CCCN(S(=O)(=O)c2c(Br)nnn2C)C1. The molecule has 1 atom stereocenters. The highest BCUT2D eigenvalue weighted by molar-refractivity contribution is 9.10. The van der Waals surface area contributed by atoms with Crippen molar-refractivity contribution >= 4 is 26.0 Å². The van der Waals surface area contributed by atoms with E-state index in [4.69, 9.17) is 4.74 Å². The second-order valence-electron chi connectivity index (χ2n) is 4.64. The van der Waals surface area contributed by atoms with Crippen LogP contribution in [-0.4, -0.2) is 54.5 Å². The van der Waals surface area contributed by atoms with Gasteiger partial charge in [0.05, 0.1) is 6.61 Å². The molecule has 0 amide bonds. The van der Waals surface area contributed by atoms with E-state index in [1.165, 1.54) is 8.99 Å². The van der Waals surface area contributed by atoms with Gasteiger partial charge in [0.25, 0.3) is 10.0 Å². The summed E-state index contributed by atoms with van der Waals surface area (Å²) in [5.74, 6) is 0.244. The molecule has 0 aromatic carbocycles. The van der Waals surface area contributed by atoms with Crippen LogP contribution < -0.4 is 0 Å². The van der Waals surface area contributed by atoms with E-state index in [1.807, 2.05) is 0 Å². The molecule has 2 rings (SSSR count). The lowest BCUT2D eigenvalue weighted by molar-refractivity contribution is 0.118. The number of aryl methyl sites for hydroxylation is 1. The maximum atomic E-state index is 12.6. The third-order valence-electron chi connectivity index (χ3n) is 3.21. The number of nitrogens with zero attached hydrogens (tertiary/aromatic N) is 4. The summed E-state index contributed by atoms with van der Waals surface area (Å²) >= 11 is 3.14. The largest absolute Gasteiger partial charge is 0.384 e. The fraction of sp³-hybridized carbons (Fsp3) is 0.800. The van der Waals surface area contributed by atoms with E-state index >= 15 is 0 Å². The van der Waals surface area contributed by atoms with Crippen molar-refractivity contribution in [3.05, 3.63) is 4.60 Å². The van der Waals surface area contributed by atoms with Crippen molar-refractivity contribution in [2.75, 3.05) is 26.8 Å². The van der Waals surface area contributed by atoms with Crippen molar-refractivity contribution in [2.24, 2.45) is 13.0 Å². The van der Waals surface area contributed by atoms with Crippen LogP contribution in [-0.2, 0) is 21.8 Å². The first kappa shape index (κ1) is 14.9. The Balaban J connectivity index is 2.25. The highest BCUT2D eigenvalue weighted by Gasteiger charge is 2.34. The fourth-order valence-corrected chi connectivity index (χ4v) is 4.92. The molecule has 7 nitrogen and oxygen atoms in total. The summed E-state index contributed by atoms with van der Waals surface area (Å²) < 4.78 is 33.3. The molecule has 0 radical (unpaired) electrons. The second-order valence-corrected chi connectivity index (χ2v) is 7.24. The molecule has 1 saturated heterocycles. The van der Waals surface area contributed by atoms with Crippen molar-refractivity contribution in [1.82, 2.24) is 19.3 Å². The van der Waals surface area contributed by atoms with Crippen LogP contribution in [0.3, 0.4) is 0 Å². The van der Waals surface area contributed by atoms with Crippen molar-refractivity contribution in [3.8, 4) is 0 Å². The molecule has 0 aliphatic carbocycles. The molecular weight excluding hydrogens is 336 g/mol. The molecule has 0 spiro atoms. The molecule has 1 aliphatic rings. The van der Waals surface area contributed by atoms with Crippen molar-refractivity contribution in [3.63, 3.8) is 0 Å². The predicted molar refractivity (Wildman–Crippen MR) is 72.1 cm³/mol. The van der Waals surface area contributed by atoms with Gasteiger partial charge in [0, 0.05) is 27.2 Å². The minimum atomic E-state index is -3.56. The van der Waals surface area contributed by atoms with Gasteiger partial charge in [-0.2, -0.15) is 4.31 Å². The van der Waals surface area contributed by atoms with Gasteiger partial charge in [-0.3, -0.25) is 0 Å². The molecule has 1 aliphatic heterocycles. The monoisotopic (exact) mass is 352 g/mol. The Hall–Kier alpha value is -0.510. The van der Waals surface area contributed by atoms with Gasteiger partial charge >= 0.3 is 0 Å². The summed E-state index contributed by atoms with van der Waals surface area (Å²) in [6, 6.07) is 0. The van der Waals surface area contributed by atoms with E-state index in [0.717, 1.165) is 12.8 Å². The first-order valence-electron chi connectivity index (χ1n) is 6.01. The molecule has 0 bridgehead atoms. The van der Waals surface area contributed by atoms with Crippen LogP contribution in [0.15, 0.2) is 9.63 Å². The lowest BCUT2D eigenvalue weighted by Gasteiger charge is -2.31. The zero-order valence-corrected chi connectivity index (χ0v) is 13.3. The van der Waals surface area contributed by atoms with Crippen LogP contribution >= 0.6 is 15.9 Å². The third kappa shape index (κ3) is 2.99. The number of ether oxygens (including phenoxy) is 1. The number of aromatic nitrogens is 3. The van der Waals surface area contributed by atoms with Crippen LogP contribution in [0, 0.1) is 5.92 Å². The molecule has 108 valence electrons. The Morgan fingerprint density at radius 3 is 2.84 bits per heavy atom. The summed E-state index contributed by atoms with van der Waals surface area (Å²) in [4.78, 5) is 0. The van der Waals surface area contributed by atoms with E-state index in [-0.39, 0.29) is 15.5 Å². The topological polar surface area (TPSA) is 77.3 Å². The predicted octanol–water partition coefficient (Wildman–Crippen LogP) is 0.625. The zero-order valence-electron chi connectivity index (χ0n) is 10.9. The van der Waals surface area contributed by atoms with Crippen molar-refractivity contribution in [2.45, 2.75) is 17.9 Å². The van der Waals surface area contributed by atoms with E-state index < -0.39 is 10.0 Å². The van der Waals surface area contributed by atoms with Crippen LogP contribution in [0.5, 0.6) is 0 Å². The molecule has 1 unspecified atom stereocenters. The summed E-state index contributed by atoms with van der Waals surface area (Å²) in [6.07, 6.45) is 1.83. The first-order valence-corrected chi connectivity index (χ1v) is 8.24. The normalized spacial score (nSPS) is 21.7. The molecule has 1 aromatic heterocycles. The maximum Gasteiger partial charge on any atom is 0.263 e. The van der Waals surface area contributed by atoms with E-state index in [1.54, 1.807) is 14.2 Å². The number of hydrogen-bond donors (Lipinski definition) is 0. The van der Waals surface area contributed by atoms with Crippen LogP contribution in [0.1, 0.15) is 12.8 Å². The molecular formula is C10H17BrN4O3S. The number of hydrogen-bond acceptors (Lipinski definition) is 5. The van der Waals surface area contributed by atoms with E-state index in [9.17, 15) is 8.42 Å². The smallest absolute Gasteiger partial charge is 0.263 e. The standard InChI is InChI=1S/C10H17BrN4O3S/c1-14-10(9(11)12-13-14)19(16,17)15-5-3-4-8(6-15)7-18-2/h8H,3-7H2,1-2H3. The van der Waals surface area contributed by atoms with Gasteiger partial charge in [-0.05, 0) is 34.7 Å². The highest BCUT2D eigenvalue weighted by atomic mass is 79.9. The van der Waals surface area contributed by atoms with Gasteiger partial charge in [0.1, 0.15) is 0 Å². The summed E-state index contributed by atoms with van der Waals surface area (Å²) in [7, 11) is -0.358. The van der Waals surface area contributed by atoms with Gasteiger partial charge < -0.3 is 4.74 Å². The average molecular weight is 353 g/mol. The Kier molecular flexibility index (Phi) is 4.59. The summed E-state index contributed by atoms with van der Waals surface area (Å²) in [6.45, 7) is 1.59. The Bertz CT molecular complexity index is 523. The number of rotatable bonds is 4. The molecule has 9 heteroatoms. The summed E-state index contributed by atoms with van der Waals surface area (Å²) in [5, 5.41) is 7.56. The Labute approximate surface area is 121 Å². The Morgan fingerprint density at radius 1 is 1.53 bits per heavy atom. The van der Waals surface area contributed by atoms with Crippen LogP contribution in [0.4, 0.5) is 0 Å². The fourth-order valence-electron chi connectivity index (χ4n) is 2.34. The Morgan fingerprint density at radius 2 is 2.26 bits per heavy atom. The summed E-state index contributed by atoms with van der Waals surface area (Å²) in [5.41, 5.74) is 0. The molecule has 1 aromatic rings. The molecule has 0 N–H and O–H groups in total. The highest BCUT2D eigenvalue weighted by Crippen LogP contribution is 2.26. The minimum Gasteiger partial charge on any atom is -0.384 e. The van der Waals surface area contributed by atoms with Gasteiger partial charge in [-0.1, -0.05) is 5.21 Å². The number of methoxy groups -OCH3 is 1. The zero-order chi connectivity index (χ0) is 14.0. The van der Waals surface area contributed by atoms with Crippen molar-refractivity contribution in [1.29, 1.82) is 0 Å². The van der Waals surface area contributed by atoms with Crippen LogP contribution in [0.25, 0.3) is 0 Å². The van der Waals surface area contributed by atoms with E-state index in [0.29, 0.717) is 19.7 Å². The molecule has 2 heterocycles. The van der Waals surface area contributed by atoms with Gasteiger partial charge in [-0.15, -0.1) is 5.10 Å². The quantitative estimate of drug-likeness (QED) is 0.793. The second kappa shape index (κ2) is 5.86. The molecule has 0 saturated carbocycles. The molecule has 1 fully saturated rings. The van der Waals surface area contributed by atoms with E-state index in [2.05, 4.69) is 26.2 Å². The van der Waals surface area contributed by atoms with Gasteiger partial charge in [0.15, 0.2) is 4.60 Å².